The number of carboxylic acid groups (broad SMARTS) is 1. The van der Waals surface area contributed by atoms with Gasteiger partial charge in [0, 0.05) is 13.2 Å². The fourth-order valence-corrected chi connectivity index (χ4v) is 2.09. The molecule has 1 rings (SSSR count). The Kier molecular flexibility index (Phi) is 4.35. The lowest BCUT2D eigenvalue weighted by Gasteiger charge is -2.29. The van der Waals surface area contributed by atoms with Crippen molar-refractivity contribution in [2.45, 2.75) is 37.8 Å². The summed E-state index contributed by atoms with van der Waals surface area (Å²) in [6, 6.07) is -0.0747. The normalized spacial score (nSPS) is 20.2. The van der Waals surface area contributed by atoms with E-state index in [-0.39, 0.29) is 6.61 Å². The van der Waals surface area contributed by atoms with E-state index in [1.54, 1.807) is 7.11 Å². The first-order valence-corrected chi connectivity index (χ1v) is 5.10. The highest BCUT2D eigenvalue weighted by atomic mass is 16.5. The van der Waals surface area contributed by atoms with Crippen molar-refractivity contribution in [3.8, 4) is 0 Å². The molecule has 0 amide bonds. The molecule has 0 heterocycles. The predicted octanol–water partition coefficient (Wildman–Crippen LogP) is 0.960. The Morgan fingerprint density at radius 3 is 2.57 bits per heavy atom. The minimum absolute atomic E-state index is 0.266. The smallest absolute Gasteiger partial charge is 0.323 e. The molecule has 0 aliphatic heterocycles. The van der Waals surface area contributed by atoms with Crippen LogP contribution in [0.15, 0.2) is 0 Å². The molecule has 1 aliphatic carbocycles. The van der Waals surface area contributed by atoms with Crippen molar-refractivity contribution in [1.29, 1.82) is 0 Å². The molecule has 0 radical (unpaired) electrons. The third-order valence-corrected chi connectivity index (χ3v) is 3.00. The number of nitrogens with zero attached hydrogens (tertiary/aromatic N) is 1. The van der Waals surface area contributed by atoms with E-state index in [0.29, 0.717) is 6.04 Å². The third kappa shape index (κ3) is 2.69. The molecule has 4 heteroatoms. The van der Waals surface area contributed by atoms with Gasteiger partial charge in [-0.2, -0.15) is 0 Å². The van der Waals surface area contributed by atoms with E-state index in [9.17, 15) is 4.79 Å². The van der Waals surface area contributed by atoms with Crippen LogP contribution >= 0.6 is 0 Å². The molecular formula is C10H19NO3. The number of carboxylic acids is 1. The predicted molar refractivity (Wildman–Crippen MR) is 53.3 cm³/mol. The number of rotatable bonds is 5. The van der Waals surface area contributed by atoms with Gasteiger partial charge in [-0.3, -0.25) is 9.69 Å². The maximum atomic E-state index is 11.0. The number of ether oxygens (including phenoxy) is 1. The van der Waals surface area contributed by atoms with Gasteiger partial charge >= 0.3 is 5.97 Å². The Morgan fingerprint density at radius 1 is 1.57 bits per heavy atom. The van der Waals surface area contributed by atoms with Gasteiger partial charge in [0.15, 0.2) is 0 Å². The van der Waals surface area contributed by atoms with Crippen LogP contribution in [0.1, 0.15) is 25.7 Å². The van der Waals surface area contributed by atoms with E-state index >= 15 is 0 Å². The van der Waals surface area contributed by atoms with Gasteiger partial charge in [-0.25, -0.2) is 0 Å². The molecular weight excluding hydrogens is 182 g/mol. The highest BCUT2D eigenvalue weighted by Crippen LogP contribution is 2.23. The van der Waals surface area contributed by atoms with Crippen LogP contribution in [0.4, 0.5) is 0 Å². The minimum atomic E-state index is -0.791. The maximum absolute atomic E-state index is 11.0. The van der Waals surface area contributed by atoms with Crippen molar-refractivity contribution >= 4 is 5.97 Å². The second-order valence-electron chi connectivity index (χ2n) is 3.91. The van der Waals surface area contributed by atoms with Crippen molar-refractivity contribution < 1.29 is 14.6 Å². The number of hydrogen-bond donors (Lipinski definition) is 1. The van der Waals surface area contributed by atoms with Gasteiger partial charge < -0.3 is 9.84 Å². The fraction of sp³-hybridized carbons (Fsp3) is 0.900. The number of aliphatic carboxylic acids is 1. The van der Waals surface area contributed by atoms with Gasteiger partial charge in [0.1, 0.15) is 6.04 Å². The Labute approximate surface area is 84.8 Å². The molecule has 0 saturated heterocycles. The zero-order chi connectivity index (χ0) is 10.6. The lowest BCUT2D eigenvalue weighted by Crippen LogP contribution is -2.46. The van der Waals surface area contributed by atoms with E-state index in [2.05, 4.69) is 0 Å². The quantitative estimate of drug-likeness (QED) is 0.719. The highest BCUT2D eigenvalue weighted by Gasteiger charge is 2.29. The minimum Gasteiger partial charge on any atom is -0.480 e. The van der Waals surface area contributed by atoms with E-state index in [1.165, 1.54) is 12.8 Å². The van der Waals surface area contributed by atoms with Gasteiger partial charge in [0.05, 0.1) is 6.61 Å². The summed E-state index contributed by atoms with van der Waals surface area (Å²) in [6.45, 7) is 0.266. The first-order chi connectivity index (χ1) is 6.66. The molecule has 14 heavy (non-hydrogen) atoms. The van der Waals surface area contributed by atoms with Crippen LogP contribution in [0, 0.1) is 0 Å². The molecule has 0 spiro atoms. The van der Waals surface area contributed by atoms with E-state index in [0.717, 1.165) is 12.8 Å². The molecule has 1 unspecified atom stereocenters. The molecule has 0 bridgehead atoms. The average Bonchev–Trinajstić information content (AvgIpc) is 2.65. The van der Waals surface area contributed by atoms with Crippen LogP contribution < -0.4 is 0 Å². The average molecular weight is 201 g/mol. The Balaban J connectivity index is 2.52. The van der Waals surface area contributed by atoms with Crippen molar-refractivity contribution in [3.63, 3.8) is 0 Å². The van der Waals surface area contributed by atoms with Gasteiger partial charge in [-0.15, -0.1) is 0 Å². The Bertz CT molecular complexity index is 190. The number of hydrogen-bond acceptors (Lipinski definition) is 3. The zero-order valence-corrected chi connectivity index (χ0v) is 8.90. The standard InChI is InChI=1S/C10H19NO3/c1-11(8-5-3-4-6-8)9(7-14-2)10(12)13/h8-9H,3-7H2,1-2H3,(H,12,13). The topological polar surface area (TPSA) is 49.8 Å². The summed E-state index contributed by atoms with van der Waals surface area (Å²) in [4.78, 5) is 12.9. The van der Waals surface area contributed by atoms with E-state index in [4.69, 9.17) is 9.84 Å². The van der Waals surface area contributed by atoms with Gasteiger partial charge in [-0.1, -0.05) is 12.8 Å². The van der Waals surface area contributed by atoms with Crippen LogP contribution in [0.5, 0.6) is 0 Å². The van der Waals surface area contributed by atoms with E-state index in [1.807, 2.05) is 11.9 Å². The van der Waals surface area contributed by atoms with Crippen molar-refractivity contribution in [3.05, 3.63) is 0 Å². The SMILES string of the molecule is COCC(C(=O)O)N(C)C1CCCC1. The van der Waals surface area contributed by atoms with Crippen LogP contribution in [-0.4, -0.2) is 48.8 Å². The molecule has 0 aromatic carbocycles. The van der Waals surface area contributed by atoms with Crippen LogP contribution in [0.2, 0.25) is 0 Å². The number of carbonyl (C=O) groups is 1. The lowest BCUT2D eigenvalue weighted by atomic mass is 10.1. The van der Waals surface area contributed by atoms with Crippen molar-refractivity contribution in [1.82, 2.24) is 4.90 Å². The highest BCUT2D eigenvalue weighted by molar-refractivity contribution is 5.73. The van der Waals surface area contributed by atoms with Gasteiger partial charge in [0.2, 0.25) is 0 Å². The van der Waals surface area contributed by atoms with Gasteiger partial charge in [-0.05, 0) is 19.9 Å². The Hall–Kier alpha value is -0.610. The number of methoxy groups -OCH3 is 1. The molecule has 1 atom stereocenters. The lowest BCUT2D eigenvalue weighted by molar-refractivity contribution is -0.145. The first kappa shape index (κ1) is 11.5. The van der Waals surface area contributed by atoms with Crippen LogP contribution in [-0.2, 0) is 9.53 Å². The monoisotopic (exact) mass is 201 g/mol. The fourth-order valence-electron chi connectivity index (χ4n) is 2.09. The summed E-state index contributed by atoms with van der Waals surface area (Å²) in [7, 11) is 3.42. The third-order valence-electron chi connectivity index (χ3n) is 3.00. The molecule has 0 aromatic heterocycles. The second-order valence-corrected chi connectivity index (χ2v) is 3.91. The van der Waals surface area contributed by atoms with Crippen molar-refractivity contribution in [2.24, 2.45) is 0 Å². The number of likely N-dealkylation sites (N-methyl/N-ethyl adjacent to an activating group) is 1. The van der Waals surface area contributed by atoms with Crippen LogP contribution in [0.25, 0.3) is 0 Å². The summed E-state index contributed by atoms with van der Waals surface area (Å²) < 4.78 is 4.92. The van der Waals surface area contributed by atoms with Gasteiger partial charge in [0.25, 0.3) is 0 Å². The summed E-state index contributed by atoms with van der Waals surface area (Å²) >= 11 is 0. The molecule has 1 aliphatic rings. The Morgan fingerprint density at radius 2 is 2.14 bits per heavy atom. The zero-order valence-electron chi connectivity index (χ0n) is 8.90. The maximum Gasteiger partial charge on any atom is 0.323 e. The van der Waals surface area contributed by atoms with Crippen molar-refractivity contribution in [2.75, 3.05) is 20.8 Å². The molecule has 1 fully saturated rings. The summed E-state index contributed by atoms with van der Waals surface area (Å²) in [5.74, 6) is -0.791. The summed E-state index contributed by atoms with van der Waals surface area (Å²) in [5, 5.41) is 9.01. The molecule has 0 aromatic rings. The molecule has 82 valence electrons. The summed E-state index contributed by atoms with van der Waals surface area (Å²) in [5.41, 5.74) is 0. The molecule has 4 nitrogen and oxygen atoms in total. The largest absolute Gasteiger partial charge is 0.480 e. The van der Waals surface area contributed by atoms with E-state index < -0.39 is 12.0 Å². The summed E-state index contributed by atoms with van der Waals surface area (Å²) in [6.07, 6.45) is 4.66. The molecule has 1 N–H and O–H groups in total. The molecule has 1 saturated carbocycles. The van der Waals surface area contributed by atoms with Crippen LogP contribution in [0.3, 0.4) is 0 Å². The second kappa shape index (κ2) is 5.32. The first-order valence-electron chi connectivity index (χ1n) is 5.10.